The van der Waals surface area contributed by atoms with E-state index in [1.807, 2.05) is 0 Å². The van der Waals surface area contributed by atoms with Crippen LogP contribution in [0.4, 0.5) is 18.9 Å². The summed E-state index contributed by atoms with van der Waals surface area (Å²) in [6, 6.07) is 12.3. The number of para-hydroxylation sites is 1. The Bertz CT molecular complexity index is 780. The zero-order chi connectivity index (χ0) is 19.2. The number of nitrogens with one attached hydrogen (secondary N) is 2. The van der Waals surface area contributed by atoms with Crippen molar-refractivity contribution in [1.82, 2.24) is 5.32 Å². The SMILES string of the molecule is O=C(COc1ccc(Cl)cc1)NCc1ccccc1NC(=O)C(F)(F)F. The summed E-state index contributed by atoms with van der Waals surface area (Å²) in [5, 5.41) is 4.82. The van der Waals surface area contributed by atoms with E-state index in [2.05, 4.69) is 5.32 Å². The van der Waals surface area contributed by atoms with Crippen LogP contribution >= 0.6 is 11.6 Å². The summed E-state index contributed by atoms with van der Waals surface area (Å²) in [5.41, 5.74) is 0.290. The normalized spacial score (nSPS) is 10.9. The van der Waals surface area contributed by atoms with Crippen molar-refractivity contribution in [3.8, 4) is 5.75 Å². The van der Waals surface area contributed by atoms with E-state index < -0.39 is 18.0 Å². The van der Waals surface area contributed by atoms with Gasteiger partial charge in [-0.05, 0) is 35.9 Å². The van der Waals surface area contributed by atoms with Crippen LogP contribution in [0.5, 0.6) is 5.75 Å². The van der Waals surface area contributed by atoms with Crippen LogP contribution < -0.4 is 15.4 Å². The van der Waals surface area contributed by atoms with Crippen molar-refractivity contribution in [1.29, 1.82) is 0 Å². The number of carbonyl (C=O) groups is 2. The molecule has 0 fully saturated rings. The molecule has 2 N–H and O–H groups in total. The Hall–Kier alpha value is -2.74. The Morgan fingerprint density at radius 1 is 1.04 bits per heavy atom. The number of carbonyl (C=O) groups excluding carboxylic acids is 2. The summed E-state index contributed by atoms with van der Waals surface area (Å²) in [6.07, 6.45) is -5.00. The number of ether oxygens (including phenoxy) is 1. The molecule has 0 atom stereocenters. The van der Waals surface area contributed by atoms with Gasteiger partial charge in [-0.25, -0.2) is 0 Å². The molecule has 0 unspecified atom stereocenters. The van der Waals surface area contributed by atoms with Crippen molar-refractivity contribution in [2.24, 2.45) is 0 Å². The van der Waals surface area contributed by atoms with Crippen molar-refractivity contribution in [2.45, 2.75) is 12.7 Å². The van der Waals surface area contributed by atoms with Gasteiger partial charge in [0.1, 0.15) is 5.75 Å². The lowest BCUT2D eigenvalue weighted by Crippen LogP contribution is -2.31. The first-order chi connectivity index (χ1) is 12.3. The summed E-state index contributed by atoms with van der Waals surface area (Å²) in [4.78, 5) is 22.9. The fourth-order valence-electron chi connectivity index (χ4n) is 1.91. The molecule has 0 aliphatic rings. The molecule has 9 heteroatoms. The second-order valence-corrected chi connectivity index (χ2v) is 5.56. The molecular weight excluding hydrogens is 373 g/mol. The number of halogens is 4. The van der Waals surface area contributed by atoms with Crippen LogP contribution in [-0.2, 0) is 16.1 Å². The Morgan fingerprint density at radius 3 is 2.35 bits per heavy atom. The first kappa shape index (κ1) is 19.6. The van der Waals surface area contributed by atoms with Crippen molar-refractivity contribution >= 4 is 29.1 Å². The molecule has 0 aliphatic heterocycles. The molecule has 2 aromatic rings. The fourth-order valence-corrected chi connectivity index (χ4v) is 2.04. The maximum absolute atomic E-state index is 12.4. The number of alkyl halides is 3. The van der Waals surface area contributed by atoms with Crippen LogP contribution in [0.15, 0.2) is 48.5 Å². The molecule has 2 amide bonds. The minimum absolute atomic E-state index is 0.0336. The summed E-state index contributed by atoms with van der Waals surface area (Å²) in [6.45, 7) is -0.351. The Balaban J connectivity index is 1.89. The lowest BCUT2D eigenvalue weighted by atomic mass is 10.1. The molecule has 0 saturated heterocycles. The minimum Gasteiger partial charge on any atom is -0.484 e. The molecule has 2 aromatic carbocycles. The van der Waals surface area contributed by atoms with Gasteiger partial charge in [-0.1, -0.05) is 29.8 Å². The molecule has 0 aromatic heterocycles. The van der Waals surface area contributed by atoms with Crippen molar-refractivity contribution in [3.63, 3.8) is 0 Å². The van der Waals surface area contributed by atoms with Crippen molar-refractivity contribution < 1.29 is 27.5 Å². The van der Waals surface area contributed by atoms with Crippen LogP contribution in [0, 0.1) is 0 Å². The molecule has 5 nitrogen and oxygen atoms in total. The highest BCUT2D eigenvalue weighted by atomic mass is 35.5. The highest BCUT2D eigenvalue weighted by Crippen LogP contribution is 2.21. The number of hydrogen-bond donors (Lipinski definition) is 2. The van der Waals surface area contributed by atoms with Gasteiger partial charge in [0.15, 0.2) is 6.61 Å². The highest BCUT2D eigenvalue weighted by Gasteiger charge is 2.38. The lowest BCUT2D eigenvalue weighted by Gasteiger charge is -2.13. The quantitative estimate of drug-likeness (QED) is 0.798. The Labute approximate surface area is 152 Å². The van der Waals surface area contributed by atoms with Crippen LogP contribution in [0.1, 0.15) is 5.56 Å². The predicted octanol–water partition coefficient (Wildman–Crippen LogP) is 3.54. The van der Waals surface area contributed by atoms with Crippen LogP contribution in [0.3, 0.4) is 0 Å². The van der Waals surface area contributed by atoms with E-state index in [0.29, 0.717) is 16.3 Å². The molecule has 26 heavy (non-hydrogen) atoms. The number of benzene rings is 2. The van der Waals surface area contributed by atoms with E-state index in [4.69, 9.17) is 16.3 Å². The molecule has 138 valence electrons. The van der Waals surface area contributed by atoms with E-state index >= 15 is 0 Å². The molecular formula is C17H14ClF3N2O3. The van der Waals surface area contributed by atoms with Gasteiger partial charge < -0.3 is 15.4 Å². The molecule has 2 rings (SSSR count). The van der Waals surface area contributed by atoms with E-state index in [0.717, 1.165) is 0 Å². The lowest BCUT2D eigenvalue weighted by molar-refractivity contribution is -0.167. The average Bonchev–Trinajstić information content (AvgIpc) is 2.59. The maximum atomic E-state index is 12.4. The summed E-state index contributed by atoms with van der Waals surface area (Å²) in [7, 11) is 0. The number of anilines is 1. The van der Waals surface area contributed by atoms with Crippen LogP contribution in [0.25, 0.3) is 0 Å². The van der Waals surface area contributed by atoms with E-state index in [1.54, 1.807) is 35.6 Å². The summed E-state index contributed by atoms with van der Waals surface area (Å²) < 4.78 is 42.3. The molecule has 0 radical (unpaired) electrons. The molecule has 0 saturated carbocycles. The van der Waals surface area contributed by atoms with Crippen LogP contribution in [0.2, 0.25) is 5.02 Å². The van der Waals surface area contributed by atoms with Gasteiger partial charge in [0.2, 0.25) is 0 Å². The third kappa shape index (κ3) is 5.96. The van der Waals surface area contributed by atoms with Crippen LogP contribution in [-0.4, -0.2) is 24.6 Å². The van der Waals surface area contributed by atoms with Gasteiger partial charge >= 0.3 is 12.1 Å². The second-order valence-electron chi connectivity index (χ2n) is 5.13. The number of hydrogen-bond acceptors (Lipinski definition) is 3. The topological polar surface area (TPSA) is 67.4 Å². The molecule has 0 spiro atoms. The van der Waals surface area contributed by atoms with Gasteiger partial charge in [-0.15, -0.1) is 0 Å². The first-order valence-corrected chi connectivity index (χ1v) is 7.74. The van der Waals surface area contributed by atoms with Gasteiger partial charge in [-0.3, -0.25) is 9.59 Å². The molecule has 0 heterocycles. The fraction of sp³-hybridized carbons (Fsp3) is 0.176. The third-order valence-electron chi connectivity index (χ3n) is 3.18. The smallest absolute Gasteiger partial charge is 0.471 e. The monoisotopic (exact) mass is 386 g/mol. The molecule has 0 bridgehead atoms. The van der Waals surface area contributed by atoms with Gasteiger partial charge in [0.25, 0.3) is 5.91 Å². The molecule has 0 aliphatic carbocycles. The van der Waals surface area contributed by atoms with Crippen molar-refractivity contribution in [3.05, 3.63) is 59.1 Å². The first-order valence-electron chi connectivity index (χ1n) is 7.37. The van der Waals surface area contributed by atoms with Gasteiger partial charge in [0, 0.05) is 17.3 Å². The standard InChI is InChI=1S/C17H14ClF3N2O3/c18-12-5-7-13(8-6-12)26-10-15(24)22-9-11-3-1-2-4-14(11)23-16(25)17(19,20)21/h1-8H,9-10H2,(H,22,24)(H,23,25). The largest absolute Gasteiger partial charge is 0.484 e. The zero-order valence-corrected chi connectivity index (χ0v) is 14.0. The predicted molar refractivity (Wildman–Crippen MR) is 89.9 cm³/mol. The van der Waals surface area contributed by atoms with Gasteiger partial charge in [0.05, 0.1) is 0 Å². The third-order valence-corrected chi connectivity index (χ3v) is 3.43. The van der Waals surface area contributed by atoms with Gasteiger partial charge in [-0.2, -0.15) is 13.2 Å². The highest BCUT2D eigenvalue weighted by molar-refractivity contribution is 6.30. The van der Waals surface area contributed by atoms with E-state index in [9.17, 15) is 22.8 Å². The van der Waals surface area contributed by atoms with E-state index in [1.165, 1.54) is 18.2 Å². The zero-order valence-electron chi connectivity index (χ0n) is 13.3. The number of amides is 2. The van der Waals surface area contributed by atoms with E-state index in [-0.39, 0.29) is 18.8 Å². The second kappa shape index (κ2) is 8.57. The average molecular weight is 387 g/mol. The summed E-state index contributed by atoms with van der Waals surface area (Å²) in [5.74, 6) is -2.11. The number of rotatable bonds is 6. The van der Waals surface area contributed by atoms with Crippen molar-refractivity contribution in [2.75, 3.05) is 11.9 Å². The minimum atomic E-state index is -5.00. The Kier molecular flexibility index (Phi) is 6.46. The maximum Gasteiger partial charge on any atom is 0.471 e. The summed E-state index contributed by atoms with van der Waals surface area (Å²) >= 11 is 5.74. The Morgan fingerprint density at radius 2 is 1.69 bits per heavy atom.